The van der Waals surface area contributed by atoms with Crippen molar-refractivity contribution in [3.05, 3.63) is 59.2 Å². The summed E-state index contributed by atoms with van der Waals surface area (Å²) in [5.41, 5.74) is 0.947. The van der Waals surface area contributed by atoms with E-state index in [9.17, 15) is 18.4 Å². The van der Waals surface area contributed by atoms with Gasteiger partial charge in [-0.05, 0) is 18.2 Å². The van der Waals surface area contributed by atoms with Crippen molar-refractivity contribution in [2.24, 2.45) is 0 Å². The van der Waals surface area contributed by atoms with E-state index in [-0.39, 0.29) is 31.1 Å². The molecule has 154 valence electrons. The maximum atomic E-state index is 13.4. The van der Waals surface area contributed by atoms with E-state index in [1.54, 1.807) is 18.2 Å². The normalized spacial score (nSPS) is 15.1. The lowest BCUT2D eigenvalue weighted by molar-refractivity contribution is 0.0947. The molecule has 0 bridgehead atoms. The molecule has 0 radical (unpaired) electrons. The average Bonchev–Trinajstić information content (AvgIpc) is 2.71. The summed E-state index contributed by atoms with van der Waals surface area (Å²) in [5, 5.41) is 5.26. The smallest absolute Gasteiger partial charge is 0.407 e. The van der Waals surface area contributed by atoms with Crippen molar-refractivity contribution in [2.75, 3.05) is 32.2 Å². The van der Waals surface area contributed by atoms with E-state index in [1.165, 1.54) is 13.2 Å². The van der Waals surface area contributed by atoms with Crippen molar-refractivity contribution in [1.29, 1.82) is 0 Å². The number of methoxy groups -OCH3 is 1. The van der Waals surface area contributed by atoms with Gasteiger partial charge in [-0.3, -0.25) is 4.79 Å². The highest BCUT2D eigenvalue weighted by Crippen LogP contribution is 2.35. The number of para-hydroxylation sites is 1. The monoisotopic (exact) mass is 406 g/mol. The molecule has 0 aliphatic carbocycles. The first kappa shape index (κ1) is 20.5. The number of ether oxygens (including phenoxy) is 3. The van der Waals surface area contributed by atoms with Crippen LogP contribution in [0.4, 0.5) is 19.3 Å². The van der Waals surface area contributed by atoms with E-state index in [4.69, 9.17) is 14.2 Å². The van der Waals surface area contributed by atoms with Crippen molar-refractivity contribution in [3.63, 3.8) is 0 Å². The average molecular weight is 406 g/mol. The molecule has 2 aromatic rings. The predicted octanol–water partition coefficient (Wildman–Crippen LogP) is 3.41. The lowest BCUT2D eigenvalue weighted by Gasteiger charge is -2.27. The van der Waals surface area contributed by atoms with Crippen LogP contribution in [-0.4, -0.2) is 38.9 Å². The van der Waals surface area contributed by atoms with E-state index in [2.05, 4.69) is 10.6 Å². The van der Waals surface area contributed by atoms with Crippen LogP contribution in [0.5, 0.6) is 5.75 Å². The Kier molecular flexibility index (Phi) is 6.61. The third kappa shape index (κ3) is 5.00. The van der Waals surface area contributed by atoms with Gasteiger partial charge in [0.25, 0.3) is 5.91 Å². The van der Waals surface area contributed by atoms with Gasteiger partial charge in [-0.25, -0.2) is 13.6 Å². The second-order valence-electron chi connectivity index (χ2n) is 6.27. The summed E-state index contributed by atoms with van der Waals surface area (Å²) in [6.45, 7) is 0.687. The first-order valence-electron chi connectivity index (χ1n) is 8.94. The van der Waals surface area contributed by atoms with Crippen molar-refractivity contribution >= 4 is 17.7 Å². The van der Waals surface area contributed by atoms with Gasteiger partial charge in [-0.2, -0.15) is 0 Å². The second-order valence-corrected chi connectivity index (χ2v) is 6.27. The Morgan fingerprint density at radius 1 is 1.17 bits per heavy atom. The van der Waals surface area contributed by atoms with Crippen LogP contribution < -0.4 is 15.4 Å². The van der Waals surface area contributed by atoms with Crippen LogP contribution in [0, 0.1) is 11.6 Å². The number of hydrogen-bond donors (Lipinski definition) is 2. The van der Waals surface area contributed by atoms with Crippen LogP contribution in [0.25, 0.3) is 0 Å². The Balaban J connectivity index is 1.75. The van der Waals surface area contributed by atoms with E-state index < -0.39 is 29.7 Å². The zero-order chi connectivity index (χ0) is 20.8. The lowest BCUT2D eigenvalue weighted by Crippen LogP contribution is -2.33. The molecule has 0 spiro atoms. The number of alkyl carbamates (subject to hydrolysis) is 1. The molecule has 3 rings (SSSR count). The van der Waals surface area contributed by atoms with Gasteiger partial charge in [0.2, 0.25) is 0 Å². The Morgan fingerprint density at radius 3 is 2.76 bits per heavy atom. The van der Waals surface area contributed by atoms with E-state index in [0.717, 1.165) is 12.1 Å². The summed E-state index contributed by atoms with van der Waals surface area (Å²) in [7, 11) is 1.50. The van der Waals surface area contributed by atoms with Crippen LogP contribution in [0.2, 0.25) is 0 Å². The first-order chi connectivity index (χ1) is 14.0. The number of hydrogen-bond acceptors (Lipinski definition) is 5. The molecule has 1 aliphatic rings. The third-order valence-electron chi connectivity index (χ3n) is 4.31. The largest absolute Gasteiger partial charge is 0.492 e. The molecule has 0 saturated heterocycles. The number of benzene rings is 2. The van der Waals surface area contributed by atoms with Crippen molar-refractivity contribution in [1.82, 2.24) is 5.32 Å². The molecule has 9 heteroatoms. The fourth-order valence-corrected chi connectivity index (χ4v) is 2.93. The Hall–Kier alpha value is -3.20. The Labute approximate surface area is 165 Å². The van der Waals surface area contributed by atoms with Crippen molar-refractivity contribution in [2.45, 2.75) is 12.5 Å². The number of amides is 2. The summed E-state index contributed by atoms with van der Waals surface area (Å²) in [4.78, 5) is 24.6. The Morgan fingerprint density at radius 2 is 2.00 bits per heavy atom. The molecule has 1 unspecified atom stereocenters. The van der Waals surface area contributed by atoms with Gasteiger partial charge in [0.05, 0.1) is 24.8 Å². The summed E-state index contributed by atoms with van der Waals surface area (Å²) < 4.78 is 42.0. The first-order valence-corrected chi connectivity index (χ1v) is 8.94. The molecule has 29 heavy (non-hydrogen) atoms. The minimum absolute atomic E-state index is 0.110. The molecule has 2 aromatic carbocycles. The van der Waals surface area contributed by atoms with Crippen molar-refractivity contribution < 1.29 is 32.6 Å². The maximum absolute atomic E-state index is 13.4. The van der Waals surface area contributed by atoms with Gasteiger partial charge >= 0.3 is 6.09 Å². The number of rotatable bonds is 6. The van der Waals surface area contributed by atoms with Crippen molar-refractivity contribution in [3.8, 4) is 5.75 Å². The quantitative estimate of drug-likeness (QED) is 0.718. The fourth-order valence-electron chi connectivity index (χ4n) is 2.93. The van der Waals surface area contributed by atoms with Crippen LogP contribution in [0.1, 0.15) is 28.4 Å². The second kappa shape index (κ2) is 9.33. The number of halogens is 2. The van der Waals surface area contributed by atoms with E-state index in [0.29, 0.717) is 17.7 Å². The fraction of sp³-hybridized carbons (Fsp3) is 0.300. The molecule has 2 amide bonds. The summed E-state index contributed by atoms with van der Waals surface area (Å²) in [5.74, 6) is -2.29. The van der Waals surface area contributed by atoms with Crippen LogP contribution >= 0.6 is 0 Å². The topological polar surface area (TPSA) is 85.9 Å². The molecule has 2 N–H and O–H groups in total. The number of fused-ring (bicyclic) bond motifs is 1. The number of nitrogens with one attached hydrogen (secondary N) is 2. The highest BCUT2D eigenvalue weighted by molar-refractivity contribution is 6.06. The molecule has 0 fully saturated rings. The maximum Gasteiger partial charge on any atom is 0.407 e. The highest BCUT2D eigenvalue weighted by Gasteiger charge is 2.27. The van der Waals surface area contributed by atoms with Crippen LogP contribution in [0.3, 0.4) is 0 Å². The molecule has 1 aliphatic heterocycles. The van der Waals surface area contributed by atoms with Crippen LogP contribution in [-0.2, 0) is 9.47 Å². The SMILES string of the molecule is COCCOC(=O)NC1CCOc2c(C(=O)Nc3ccc(F)c(F)c3)cccc21. The van der Waals surface area contributed by atoms with E-state index in [1.807, 2.05) is 0 Å². The number of anilines is 1. The predicted molar refractivity (Wildman–Crippen MR) is 100.0 cm³/mol. The van der Waals surface area contributed by atoms with Gasteiger partial charge in [0.1, 0.15) is 12.4 Å². The number of carbonyl (C=O) groups excluding carboxylic acids is 2. The standard InChI is InChI=1S/C20H20F2N2O5/c1-27-9-10-29-20(26)24-17-7-8-28-18-13(17)3-2-4-14(18)19(25)23-12-5-6-15(21)16(22)11-12/h2-6,11,17H,7-10H2,1H3,(H,23,25)(H,24,26). The van der Waals surface area contributed by atoms with Gasteiger partial charge in [0.15, 0.2) is 11.6 Å². The van der Waals surface area contributed by atoms with Gasteiger partial charge in [0, 0.05) is 30.8 Å². The van der Waals surface area contributed by atoms with Gasteiger partial charge in [-0.1, -0.05) is 12.1 Å². The minimum atomic E-state index is -1.06. The molecule has 1 heterocycles. The Bertz CT molecular complexity index is 906. The zero-order valence-electron chi connectivity index (χ0n) is 15.7. The van der Waals surface area contributed by atoms with Crippen LogP contribution in [0.15, 0.2) is 36.4 Å². The highest BCUT2D eigenvalue weighted by atomic mass is 19.2. The van der Waals surface area contributed by atoms with E-state index >= 15 is 0 Å². The summed E-state index contributed by atoms with van der Waals surface area (Å²) >= 11 is 0. The molecule has 1 atom stereocenters. The molecule has 0 saturated carbocycles. The molecule has 0 aromatic heterocycles. The summed E-state index contributed by atoms with van der Waals surface area (Å²) in [6.07, 6.45) is -0.0998. The zero-order valence-corrected chi connectivity index (χ0v) is 15.7. The molecule has 7 nitrogen and oxygen atoms in total. The minimum Gasteiger partial charge on any atom is -0.492 e. The van der Waals surface area contributed by atoms with Gasteiger partial charge in [-0.15, -0.1) is 0 Å². The van der Waals surface area contributed by atoms with Gasteiger partial charge < -0.3 is 24.8 Å². The third-order valence-corrected chi connectivity index (χ3v) is 4.31. The molecular formula is C20H20F2N2O5. The lowest BCUT2D eigenvalue weighted by atomic mass is 9.97. The number of carbonyl (C=O) groups is 2. The molecular weight excluding hydrogens is 386 g/mol. The summed E-state index contributed by atoms with van der Waals surface area (Å²) in [6, 6.07) is 7.62.